The summed E-state index contributed by atoms with van der Waals surface area (Å²) in [6, 6.07) is 20.0. The Morgan fingerprint density at radius 3 is 2.35 bits per heavy atom. The van der Waals surface area contributed by atoms with Crippen molar-refractivity contribution >= 4 is 23.3 Å². The first-order chi connectivity index (χ1) is 20.5. The third-order valence-corrected chi connectivity index (χ3v) is 7.90. The van der Waals surface area contributed by atoms with Gasteiger partial charge in [-0.3, -0.25) is 10.1 Å². The lowest BCUT2D eigenvalue weighted by atomic mass is 9.75. The van der Waals surface area contributed by atoms with Crippen molar-refractivity contribution in [3.63, 3.8) is 0 Å². The normalized spacial score (nSPS) is 14.7. The first-order valence-corrected chi connectivity index (χ1v) is 14.8. The number of piperidine rings is 1. The monoisotopic (exact) mass is 580 g/mol. The largest absolute Gasteiger partial charge is 0.493 e. The van der Waals surface area contributed by atoms with E-state index < -0.39 is 11.9 Å². The van der Waals surface area contributed by atoms with E-state index in [0.29, 0.717) is 22.8 Å². The van der Waals surface area contributed by atoms with Gasteiger partial charge in [-0.2, -0.15) is 5.10 Å². The number of aryl methyl sites for hydroxylation is 2. The van der Waals surface area contributed by atoms with Crippen LogP contribution in [0.15, 0.2) is 66.7 Å². The molecule has 4 aromatic rings. The van der Waals surface area contributed by atoms with Crippen LogP contribution in [0, 0.1) is 19.8 Å². The van der Waals surface area contributed by atoms with Gasteiger partial charge < -0.3 is 15.7 Å². The highest BCUT2D eigenvalue weighted by molar-refractivity contribution is 6.04. The minimum Gasteiger partial charge on any atom is -0.493 e. The van der Waals surface area contributed by atoms with Crippen molar-refractivity contribution in [2.24, 2.45) is 5.92 Å². The van der Waals surface area contributed by atoms with E-state index in [4.69, 9.17) is 5.10 Å². The second-order valence-corrected chi connectivity index (χ2v) is 12.4. The molecule has 1 fully saturated rings. The van der Waals surface area contributed by atoms with Crippen LogP contribution in [0.25, 0.3) is 5.69 Å². The summed E-state index contributed by atoms with van der Waals surface area (Å²) in [6.07, 6.45) is 1.64. The number of para-hydroxylation sites is 1. The molecular formula is C34H40N6O3. The smallest absolute Gasteiger partial charge is 0.324 e. The molecule has 1 aliphatic heterocycles. The molecule has 4 N–H and O–H groups in total. The van der Waals surface area contributed by atoms with Gasteiger partial charge in [0.2, 0.25) is 5.88 Å². The number of ketones is 1. The number of Topliss-reactive ketones (excluding diaryl/α,β-unsaturated/α-hetero) is 1. The molecule has 0 radical (unpaired) electrons. The van der Waals surface area contributed by atoms with E-state index in [2.05, 4.69) is 41.7 Å². The molecule has 0 saturated carbocycles. The molecule has 1 saturated heterocycles. The van der Waals surface area contributed by atoms with E-state index in [-0.39, 0.29) is 23.0 Å². The zero-order valence-electron chi connectivity index (χ0n) is 25.4. The van der Waals surface area contributed by atoms with E-state index in [9.17, 15) is 14.7 Å². The summed E-state index contributed by atoms with van der Waals surface area (Å²) in [6.45, 7) is 11.6. The lowest BCUT2D eigenvalue weighted by molar-refractivity contribution is 0.0915. The van der Waals surface area contributed by atoms with Gasteiger partial charge in [0.25, 0.3) is 0 Å². The first kappa shape index (κ1) is 30.0. The lowest BCUT2D eigenvalue weighted by Gasteiger charge is -2.31. The predicted octanol–water partition coefficient (Wildman–Crippen LogP) is 6.50. The van der Waals surface area contributed by atoms with Crippen LogP contribution in [0.2, 0.25) is 0 Å². The molecule has 43 heavy (non-hydrogen) atoms. The Balaban J connectivity index is 1.47. The predicted molar refractivity (Wildman–Crippen MR) is 169 cm³/mol. The van der Waals surface area contributed by atoms with Crippen molar-refractivity contribution in [3.05, 3.63) is 94.8 Å². The van der Waals surface area contributed by atoms with Gasteiger partial charge in [-0.05, 0) is 75.5 Å². The van der Waals surface area contributed by atoms with Crippen LogP contribution < -0.4 is 16.0 Å². The zero-order chi connectivity index (χ0) is 30.7. The topological polar surface area (TPSA) is 121 Å². The van der Waals surface area contributed by atoms with Crippen molar-refractivity contribution in [2.75, 3.05) is 23.7 Å². The molecule has 1 unspecified atom stereocenters. The third kappa shape index (κ3) is 6.94. The number of hydrogen-bond donors (Lipinski definition) is 4. The van der Waals surface area contributed by atoms with Gasteiger partial charge in [-0.15, -0.1) is 0 Å². The fraction of sp³-hybridized carbons (Fsp3) is 0.353. The zero-order valence-corrected chi connectivity index (χ0v) is 25.4. The molecule has 5 rings (SSSR count). The van der Waals surface area contributed by atoms with Crippen molar-refractivity contribution < 1.29 is 14.7 Å². The number of amides is 2. The molecule has 0 aliphatic carbocycles. The second kappa shape index (κ2) is 12.4. The second-order valence-electron chi connectivity index (χ2n) is 12.4. The fourth-order valence-electron chi connectivity index (χ4n) is 5.63. The molecule has 0 bridgehead atoms. The number of benzene rings is 2. The minimum atomic E-state index is -0.509. The molecule has 2 amide bonds. The number of hydrogen-bond acceptors (Lipinski definition) is 6. The summed E-state index contributed by atoms with van der Waals surface area (Å²) in [5.41, 5.74) is 4.86. The molecule has 224 valence electrons. The van der Waals surface area contributed by atoms with E-state index in [1.807, 2.05) is 61.5 Å². The SMILES string of the molecule is Cc1ccc(-n2nc(C(C)(C)C)cc2NC(=O)Nc2ccccc2C(C(=O)c2cc(C)nc(O)c2)C2CCNCC2)cc1. The van der Waals surface area contributed by atoms with Gasteiger partial charge in [-0.25, -0.2) is 14.5 Å². The number of pyridine rings is 1. The van der Waals surface area contributed by atoms with Gasteiger partial charge in [0, 0.05) is 34.5 Å². The Morgan fingerprint density at radius 2 is 1.67 bits per heavy atom. The molecule has 0 spiro atoms. The number of urea groups is 1. The van der Waals surface area contributed by atoms with E-state index in [0.717, 1.165) is 48.4 Å². The quantitative estimate of drug-likeness (QED) is 0.185. The van der Waals surface area contributed by atoms with Gasteiger partial charge in [0.15, 0.2) is 5.78 Å². The van der Waals surface area contributed by atoms with Gasteiger partial charge in [-0.1, -0.05) is 56.7 Å². The van der Waals surface area contributed by atoms with Gasteiger partial charge in [0.05, 0.1) is 17.3 Å². The summed E-state index contributed by atoms with van der Waals surface area (Å²) in [7, 11) is 0. The summed E-state index contributed by atoms with van der Waals surface area (Å²) in [4.78, 5) is 31.7. The number of carbonyl (C=O) groups is 2. The number of anilines is 2. The fourth-order valence-corrected chi connectivity index (χ4v) is 5.63. The maximum absolute atomic E-state index is 14.1. The number of aromatic nitrogens is 3. The van der Waals surface area contributed by atoms with Crippen LogP contribution in [0.4, 0.5) is 16.3 Å². The average molecular weight is 581 g/mol. The number of nitrogens with one attached hydrogen (secondary N) is 3. The molecule has 2 aromatic carbocycles. The standard InChI is InChI=1S/C34H40N6O3/c1-21-10-12-25(13-11-21)40-29(20-28(39-40)34(3,4)5)38-33(43)37-27-9-7-6-8-26(27)31(23-14-16-35-17-15-23)32(42)24-18-22(2)36-30(41)19-24/h6-13,18-20,23,31,35H,14-17H2,1-5H3,(H,36,41)(H2,37,38,43). The van der Waals surface area contributed by atoms with E-state index in [1.54, 1.807) is 17.7 Å². The number of nitrogens with zero attached hydrogens (tertiary/aromatic N) is 3. The van der Waals surface area contributed by atoms with Crippen LogP contribution in [0.5, 0.6) is 5.88 Å². The summed E-state index contributed by atoms with van der Waals surface area (Å²) < 4.78 is 1.74. The Kier molecular flexibility index (Phi) is 8.64. The summed E-state index contributed by atoms with van der Waals surface area (Å²) in [5.74, 6) is -0.191. The molecule has 1 aliphatic rings. The Bertz CT molecular complexity index is 1590. The summed E-state index contributed by atoms with van der Waals surface area (Å²) >= 11 is 0. The average Bonchev–Trinajstić information content (AvgIpc) is 3.39. The third-order valence-electron chi connectivity index (χ3n) is 7.90. The Hall–Kier alpha value is -4.50. The highest BCUT2D eigenvalue weighted by atomic mass is 16.3. The molecule has 1 atom stereocenters. The maximum atomic E-state index is 14.1. The maximum Gasteiger partial charge on any atom is 0.324 e. The molecule has 2 aromatic heterocycles. The van der Waals surface area contributed by atoms with Crippen molar-refractivity contribution in [1.29, 1.82) is 0 Å². The van der Waals surface area contributed by atoms with E-state index in [1.165, 1.54) is 6.07 Å². The van der Waals surface area contributed by atoms with Crippen molar-refractivity contribution in [2.45, 2.75) is 58.8 Å². The Labute approximate surface area is 252 Å². The highest BCUT2D eigenvalue weighted by Gasteiger charge is 2.34. The van der Waals surface area contributed by atoms with Crippen LogP contribution in [-0.2, 0) is 5.41 Å². The van der Waals surface area contributed by atoms with Crippen LogP contribution >= 0.6 is 0 Å². The highest BCUT2D eigenvalue weighted by Crippen LogP contribution is 2.38. The summed E-state index contributed by atoms with van der Waals surface area (Å²) in [5, 5.41) is 24.4. The van der Waals surface area contributed by atoms with Crippen LogP contribution in [-0.4, -0.2) is 44.8 Å². The van der Waals surface area contributed by atoms with Crippen LogP contribution in [0.1, 0.15) is 72.4 Å². The Morgan fingerprint density at radius 1 is 0.977 bits per heavy atom. The molecule has 9 heteroatoms. The number of rotatable bonds is 7. The molecule has 3 heterocycles. The lowest BCUT2D eigenvalue weighted by Crippen LogP contribution is -2.34. The van der Waals surface area contributed by atoms with Crippen LogP contribution in [0.3, 0.4) is 0 Å². The van der Waals surface area contributed by atoms with Gasteiger partial charge in [0.1, 0.15) is 5.82 Å². The van der Waals surface area contributed by atoms with Crippen molar-refractivity contribution in [1.82, 2.24) is 20.1 Å². The minimum absolute atomic E-state index is 0.0627. The van der Waals surface area contributed by atoms with E-state index >= 15 is 0 Å². The first-order valence-electron chi connectivity index (χ1n) is 14.8. The molecule has 9 nitrogen and oxygen atoms in total. The number of aromatic hydroxyl groups is 1. The van der Waals surface area contributed by atoms with Crippen molar-refractivity contribution in [3.8, 4) is 11.6 Å². The molecular weight excluding hydrogens is 540 g/mol. The van der Waals surface area contributed by atoms with Gasteiger partial charge >= 0.3 is 6.03 Å². The number of carbonyl (C=O) groups excluding carboxylic acids is 2.